The third-order valence-corrected chi connectivity index (χ3v) is 7.35. The SMILES string of the molecule is COCCNS(=O)(=O)c1cc(NC(=O)C2CC2)ccc1Oc1c(C)c(C(=O)O)nn1-c1ccccc1C. The van der Waals surface area contributed by atoms with Crippen molar-refractivity contribution in [1.82, 2.24) is 14.5 Å². The predicted molar refractivity (Wildman–Crippen MR) is 135 cm³/mol. The molecule has 0 bridgehead atoms. The van der Waals surface area contributed by atoms with Gasteiger partial charge in [0.15, 0.2) is 5.69 Å². The minimum atomic E-state index is -4.11. The number of para-hydroxylation sites is 1. The molecule has 12 heteroatoms. The number of rotatable bonds is 11. The number of aromatic nitrogens is 2. The Kier molecular flexibility index (Phi) is 7.62. The first-order valence-electron chi connectivity index (χ1n) is 11.6. The number of sulfonamides is 1. The fraction of sp³-hybridized carbons (Fsp3) is 0.320. The molecule has 0 aliphatic heterocycles. The lowest BCUT2D eigenvalue weighted by molar-refractivity contribution is -0.117. The minimum Gasteiger partial charge on any atom is -0.476 e. The van der Waals surface area contributed by atoms with E-state index < -0.39 is 16.0 Å². The summed E-state index contributed by atoms with van der Waals surface area (Å²) < 4.78 is 41.3. The maximum absolute atomic E-state index is 13.2. The van der Waals surface area contributed by atoms with Crippen LogP contribution in [0.2, 0.25) is 0 Å². The molecule has 196 valence electrons. The Labute approximate surface area is 214 Å². The lowest BCUT2D eigenvalue weighted by atomic mass is 10.2. The van der Waals surface area contributed by atoms with E-state index in [0.29, 0.717) is 11.4 Å². The zero-order chi connectivity index (χ0) is 26.7. The molecule has 37 heavy (non-hydrogen) atoms. The number of hydrogen-bond acceptors (Lipinski definition) is 7. The molecule has 0 unspecified atom stereocenters. The number of nitrogens with zero attached hydrogens (tertiary/aromatic N) is 2. The zero-order valence-corrected chi connectivity index (χ0v) is 21.5. The van der Waals surface area contributed by atoms with Crippen LogP contribution in [-0.4, -0.2) is 55.4 Å². The van der Waals surface area contributed by atoms with Crippen molar-refractivity contribution in [2.75, 3.05) is 25.6 Å². The van der Waals surface area contributed by atoms with Crippen molar-refractivity contribution in [3.05, 3.63) is 59.3 Å². The summed E-state index contributed by atoms with van der Waals surface area (Å²) in [5.74, 6) is -1.51. The summed E-state index contributed by atoms with van der Waals surface area (Å²) in [6.07, 6.45) is 1.59. The highest BCUT2D eigenvalue weighted by Crippen LogP contribution is 2.36. The maximum Gasteiger partial charge on any atom is 0.356 e. The van der Waals surface area contributed by atoms with Gasteiger partial charge < -0.3 is 19.9 Å². The molecule has 1 heterocycles. The summed E-state index contributed by atoms with van der Waals surface area (Å²) >= 11 is 0. The van der Waals surface area contributed by atoms with Gasteiger partial charge >= 0.3 is 5.97 Å². The Morgan fingerprint density at radius 2 is 1.89 bits per heavy atom. The van der Waals surface area contributed by atoms with Gasteiger partial charge in [-0.25, -0.2) is 17.9 Å². The Hall–Kier alpha value is -3.74. The van der Waals surface area contributed by atoms with Gasteiger partial charge in [0.1, 0.15) is 10.6 Å². The summed E-state index contributed by atoms with van der Waals surface area (Å²) in [6, 6.07) is 11.5. The van der Waals surface area contributed by atoms with Gasteiger partial charge in [0.25, 0.3) is 0 Å². The van der Waals surface area contributed by atoms with Crippen LogP contribution in [0.15, 0.2) is 47.4 Å². The third kappa shape index (κ3) is 5.82. The molecule has 0 saturated heterocycles. The molecule has 1 aromatic heterocycles. The number of amides is 1. The van der Waals surface area contributed by atoms with Crippen LogP contribution in [0.3, 0.4) is 0 Å². The number of nitrogens with one attached hydrogen (secondary N) is 2. The number of ether oxygens (including phenoxy) is 2. The van der Waals surface area contributed by atoms with E-state index in [2.05, 4.69) is 15.1 Å². The van der Waals surface area contributed by atoms with Crippen LogP contribution in [-0.2, 0) is 19.6 Å². The van der Waals surface area contributed by atoms with Crippen molar-refractivity contribution >= 4 is 27.6 Å². The van der Waals surface area contributed by atoms with Gasteiger partial charge in [-0.05, 0) is 56.5 Å². The number of aryl methyl sites for hydroxylation is 1. The molecule has 1 amide bonds. The molecule has 1 aliphatic carbocycles. The first-order valence-corrected chi connectivity index (χ1v) is 13.1. The lowest BCUT2D eigenvalue weighted by Crippen LogP contribution is -2.27. The van der Waals surface area contributed by atoms with Crippen molar-refractivity contribution in [3.63, 3.8) is 0 Å². The first-order chi connectivity index (χ1) is 17.6. The van der Waals surface area contributed by atoms with Crippen molar-refractivity contribution in [3.8, 4) is 17.3 Å². The van der Waals surface area contributed by atoms with E-state index in [9.17, 15) is 23.1 Å². The van der Waals surface area contributed by atoms with Crippen molar-refractivity contribution in [2.24, 2.45) is 5.92 Å². The zero-order valence-electron chi connectivity index (χ0n) is 20.6. The van der Waals surface area contributed by atoms with Crippen LogP contribution < -0.4 is 14.8 Å². The molecular formula is C25H28N4O7S. The number of benzene rings is 2. The highest BCUT2D eigenvalue weighted by atomic mass is 32.2. The molecule has 1 saturated carbocycles. The van der Waals surface area contributed by atoms with E-state index in [1.807, 2.05) is 19.1 Å². The number of methoxy groups -OCH3 is 1. The number of aromatic carboxylic acids is 1. The average molecular weight is 529 g/mol. The lowest BCUT2D eigenvalue weighted by Gasteiger charge is -2.16. The van der Waals surface area contributed by atoms with Crippen LogP contribution in [0.5, 0.6) is 11.6 Å². The second-order valence-corrected chi connectivity index (χ2v) is 10.4. The number of carbonyl (C=O) groups is 2. The molecule has 4 rings (SSSR count). The van der Waals surface area contributed by atoms with E-state index in [1.165, 1.54) is 36.9 Å². The monoisotopic (exact) mass is 528 g/mol. The van der Waals surface area contributed by atoms with E-state index >= 15 is 0 Å². The second kappa shape index (κ2) is 10.7. The van der Waals surface area contributed by atoms with E-state index in [-0.39, 0.29) is 52.8 Å². The van der Waals surface area contributed by atoms with Crippen LogP contribution in [0.4, 0.5) is 5.69 Å². The van der Waals surface area contributed by atoms with E-state index in [1.54, 1.807) is 12.1 Å². The smallest absolute Gasteiger partial charge is 0.356 e. The molecule has 1 fully saturated rings. The normalized spacial score (nSPS) is 13.4. The molecule has 3 aromatic rings. The quantitative estimate of drug-likeness (QED) is 0.321. The van der Waals surface area contributed by atoms with Crippen LogP contribution in [0.25, 0.3) is 5.69 Å². The standard InChI is InChI=1S/C25H28N4O7S/c1-15-6-4-5-7-19(15)29-24(16(2)22(28-29)25(31)32)36-20-11-10-18(27-23(30)17-8-9-17)14-21(20)37(33,34)26-12-13-35-3/h4-7,10-11,14,17,26H,8-9,12-13H2,1-3H3,(H,27,30)(H,31,32). The van der Waals surface area contributed by atoms with Crippen LogP contribution >= 0.6 is 0 Å². The number of hydrogen-bond donors (Lipinski definition) is 3. The second-order valence-electron chi connectivity index (χ2n) is 8.70. The summed E-state index contributed by atoms with van der Waals surface area (Å²) in [7, 11) is -2.66. The average Bonchev–Trinajstić information content (AvgIpc) is 3.65. The van der Waals surface area contributed by atoms with Gasteiger partial charge in [0.05, 0.1) is 12.3 Å². The first kappa shape index (κ1) is 26.3. The highest BCUT2D eigenvalue weighted by Gasteiger charge is 2.31. The van der Waals surface area contributed by atoms with Gasteiger partial charge in [0.2, 0.25) is 21.8 Å². The van der Waals surface area contributed by atoms with E-state index in [0.717, 1.165) is 18.4 Å². The molecule has 0 atom stereocenters. The molecular weight excluding hydrogens is 500 g/mol. The molecule has 2 aromatic carbocycles. The third-order valence-electron chi connectivity index (χ3n) is 5.87. The Bertz CT molecular complexity index is 1450. The topological polar surface area (TPSA) is 149 Å². The van der Waals surface area contributed by atoms with Crippen LogP contribution in [0, 0.1) is 19.8 Å². The number of carboxylic acid groups (broad SMARTS) is 1. The Balaban J connectivity index is 1.80. The summed E-state index contributed by atoms with van der Waals surface area (Å²) in [6.45, 7) is 3.54. The predicted octanol–water partition coefficient (Wildman–Crippen LogP) is 3.25. The molecule has 0 radical (unpaired) electrons. The van der Waals surface area contributed by atoms with Gasteiger partial charge in [-0.3, -0.25) is 4.79 Å². The maximum atomic E-state index is 13.2. The number of anilines is 1. The van der Waals surface area contributed by atoms with Crippen molar-refractivity contribution < 1.29 is 32.6 Å². The molecule has 1 aliphatic rings. The van der Waals surface area contributed by atoms with Gasteiger partial charge in [-0.1, -0.05) is 18.2 Å². The van der Waals surface area contributed by atoms with Crippen molar-refractivity contribution in [1.29, 1.82) is 0 Å². The molecule has 0 spiro atoms. The van der Waals surface area contributed by atoms with Gasteiger partial charge in [-0.2, -0.15) is 9.78 Å². The Morgan fingerprint density at radius 1 is 1.16 bits per heavy atom. The summed E-state index contributed by atoms with van der Waals surface area (Å²) in [4.78, 5) is 23.9. The number of carboxylic acids is 1. The van der Waals surface area contributed by atoms with E-state index in [4.69, 9.17) is 9.47 Å². The fourth-order valence-electron chi connectivity index (χ4n) is 3.70. The fourth-order valence-corrected chi connectivity index (χ4v) is 4.86. The summed E-state index contributed by atoms with van der Waals surface area (Å²) in [5.41, 5.74) is 1.67. The molecule has 11 nitrogen and oxygen atoms in total. The number of carbonyl (C=O) groups excluding carboxylic acids is 1. The summed E-state index contributed by atoms with van der Waals surface area (Å²) in [5, 5.41) is 16.6. The Morgan fingerprint density at radius 3 is 2.54 bits per heavy atom. The van der Waals surface area contributed by atoms with Crippen LogP contribution in [0.1, 0.15) is 34.5 Å². The van der Waals surface area contributed by atoms with Gasteiger partial charge in [0, 0.05) is 30.8 Å². The largest absolute Gasteiger partial charge is 0.476 e. The van der Waals surface area contributed by atoms with Crippen molar-refractivity contribution in [2.45, 2.75) is 31.6 Å². The highest BCUT2D eigenvalue weighted by molar-refractivity contribution is 7.89. The minimum absolute atomic E-state index is 0.0142. The molecule has 3 N–H and O–H groups in total. The van der Waals surface area contributed by atoms with Gasteiger partial charge in [-0.15, -0.1) is 0 Å².